The topological polar surface area (TPSA) is 24.1 Å². The van der Waals surface area contributed by atoms with Gasteiger partial charge in [0.15, 0.2) is 0 Å². The van der Waals surface area contributed by atoms with E-state index in [1.807, 2.05) is 7.05 Å². The molecule has 0 unspecified atom stereocenters. The average molecular weight is 156 g/mol. The van der Waals surface area contributed by atoms with Gasteiger partial charge >= 0.3 is 0 Å². The molecule has 0 spiro atoms. The van der Waals surface area contributed by atoms with Crippen LogP contribution in [0.5, 0.6) is 0 Å². The molecule has 1 rings (SSSR count). The molecular weight excluding hydrogens is 136 g/mol. The lowest BCUT2D eigenvalue weighted by molar-refractivity contribution is 0.588. The molecule has 0 aromatic heterocycles. The Morgan fingerprint density at radius 2 is 1.82 bits per heavy atom. The van der Waals surface area contributed by atoms with Crippen LogP contribution in [-0.4, -0.2) is 26.2 Å². The number of nitrogens with one attached hydrogen (secondary N) is 2. The number of unbranched alkanes of at least 4 members (excludes halogenated alkanes) is 2. The van der Waals surface area contributed by atoms with Crippen molar-refractivity contribution in [3.63, 3.8) is 0 Å². The quantitative estimate of drug-likeness (QED) is 0.540. The van der Waals surface area contributed by atoms with Gasteiger partial charge in [0.2, 0.25) is 0 Å². The van der Waals surface area contributed by atoms with Crippen LogP contribution in [-0.2, 0) is 0 Å². The first-order chi connectivity index (χ1) is 5.43. The normalized spacial score (nSPS) is 17.2. The highest BCUT2D eigenvalue weighted by molar-refractivity contribution is 4.80. The van der Waals surface area contributed by atoms with Gasteiger partial charge in [-0.1, -0.05) is 6.42 Å². The second-order valence-corrected chi connectivity index (χ2v) is 3.39. The summed E-state index contributed by atoms with van der Waals surface area (Å²) in [5, 5.41) is 6.67. The average Bonchev–Trinajstić information content (AvgIpc) is 2.80. The third-order valence-electron chi connectivity index (χ3n) is 2.11. The highest BCUT2D eigenvalue weighted by Crippen LogP contribution is 2.18. The lowest BCUT2D eigenvalue weighted by atomic mass is 10.2. The molecule has 1 aliphatic rings. The minimum Gasteiger partial charge on any atom is -0.320 e. The molecule has 1 saturated carbocycles. The molecule has 2 heteroatoms. The van der Waals surface area contributed by atoms with Gasteiger partial charge in [-0.3, -0.25) is 0 Å². The summed E-state index contributed by atoms with van der Waals surface area (Å²) in [6, 6.07) is 0.888. The molecule has 1 fully saturated rings. The van der Waals surface area contributed by atoms with Gasteiger partial charge in [0, 0.05) is 6.04 Å². The lowest BCUT2D eigenvalue weighted by Crippen LogP contribution is -2.17. The summed E-state index contributed by atoms with van der Waals surface area (Å²) in [6.45, 7) is 2.40. The van der Waals surface area contributed by atoms with Crippen LogP contribution in [0.25, 0.3) is 0 Å². The zero-order valence-electron chi connectivity index (χ0n) is 7.53. The first-order valence-corrected chi connectivity index (χ1v) is 4.81. The van der Waals surface area contributed by atoms with Crippen molar-refractivity contribution in [3.8, 4) is 0 Å². The zero-order chi connectivity index (χ0) is 7.94. The Kier molecular flexibility index (Phi) is 4.55. The monoisotopic (exact) mass is 156 g/mol. The number of rotatable bonds is 7. The Morgan fingerprint density at radius 3 is 2.45 bits per heavy atom. The van der Waals surface area contributed by atoms with Gasteiger partial charge in [0.05, 0.1) is 0 Å². The van der Waals surface area contributed by atoms with E-state index in [1.165, 1.54) is 45.2 Å². The van der Waals surface area contributed by atoms with Crippen molar-refractivity contribution >= 4 is 0 Å². The second-order valence-electron chi connectivity index (χ2n) is 3.39. The summed E-state index contributed by atoms with van der Waals surface area (Å²) in [5.41, 5.74) is 0. The van der Waals surface area contributed by atoms with Gasteiger partial charge in [-0.05, 0) is 45.8 Å². The van der Waals surface area contributed by atoms with Crippen LogP contribution >= 0.6 is 0 Å². The molecule has 0 aliphatic heterocycles. The van der Waals surface area contributed by atoms with Crippen molar-refractivity contribution in [2.75, 3.05) is 20.1 Å². The van der Waals surface area contributed by atoms with Crippen LogP contribution in [0, 0.1) is 0 Å². The molecule has 0 aromatic carbocycles. The predicted octanol–water partition coefficient (Wildman–Crippen LogP) is 1.13. The maximum atomic E-state index is 3.51. The Labute approximate surface area is 69.8 Å². The van der Waals surface area contributed by atoms with Crippen LogP contribution in [0.2, 0.25) is 0 Å². The molecule has 0 heterocycles. The Bertz CT molecular complexity index is 89.6. The number of hydrogen-bond donors (Lipinski definition) is 2. The van der Waals surface area contributed by atoms with E-state index in [-0.39, 0.29) is 0 Å². The Morgan fingerprint density at radius 1 is 1.09 bits per heavy atom. The molecule has 0 aromatic rings. The fourth-order valence-electron chi connectivity index (χ4n) is 1.20. The maximum Gasteiger partial charge on any atom is 0.00682 e. The summed E-state index contributed by atoms with van der Waals surface area (Å²) in [7, 11) is 2.02. The van der Waals surface area contributed by atoms with E-state index in [0.29, 0.717) is 0 Å². The second kappa shape index (κ2) is 5.56. The van der Waals surface area contributed by atoms with Crippen molar-refractivity contribution in [2.24, 2.45) is 0 Å². The summed E-state index contributed by atoms with van der Waals surface area (Å²) >= 11 is 0. The van der Waals surface area contributed by atoms with Crippen molar-refractivity contribution in [1.29, 1.82) is 0 Å². The smallest absolute Gasteiger partial charge is 0.00682 e. The van der Waals surface area contributed by atoms with E-state index in [0.717, 1.165) is 6.04 Å². The highest BCUT2D eigenvalue weighted by atomic mass is 14.9. The van der Waals surface area contributed by atoms with Crippen molar-refractivity contribution in [3.05, 3.63) is 0 Å². The van der Waals surface area contributed by atoms with Gasteiger partial charge in [-0.15, -0.1) is 0 Å². The summed E-state index contributed by atoms with van der Waals surface area (Å²) < 4.78 is 0. The first kappa shape index (κ1) is 9.01. The van der Waals surface area contributed by atoms with Gasteiger partial charge in [0.25, 0.3) is 0 Å². The van der Waals surface area contributed by atoms with E-state index in [1.54, 1.807) is 0 Å². The van der Waals surface area contributed by atoms with E-state index in [4.69, 9.17) is 0 Å². The van der Waals surface area contributed by atoms with Gasteiger partial charge in [-0.25, -0.2) is 0 Å². The van der Waals surface area contributed by atoms with Crippen LogP contribution < -0.4 is 10.6 Å². The largest absolute Gasteiger partial charge is 0.320 e. The molecule has 2 nitrogen and oxygen atoms in total. The zero-order valence-corrected chi connectivity index (χ0v) is 7.53. The maximum absolute atomic E-state index is 3.51. The molecule has 2 N–H and O–H groups in total. The molecule has 1 aliphatic carbocycles. The molecule has 0 amide bonds. The van der Waals surface area contributed by atoms with E-state index in [9.17, 15) is 0 Å². The molecule has 0 radical (unpaired) electrons. The summed E-state index contributed by atoms with van der Waals surface area (Å²) in [6.07, 6.45) is 6.86. The molecule has 66 valence electrons. The van der Waals surface area contributed by atoms with Gasteiger partial charge in [-0.2, -0.15) is 0 Å². The predicted molar refractivity (Wildman–Crippen MR) is 48.8 cm³/mol. The number of hydrogen-bond acceptors (Lipinski definition) is 2. The fraction of sp³-hybridized carbons (Fsp3) is 1.00. The molecule has 11 heavy (non-hydrogen) atoms. The summed E-state index contributed by atoms with van der Waals surface area (Å²) in [5.74, 6) is 0. The van der Waals surface area contributed by atoms with Gasteiger partial charge in [0.1, 0.15) is 0 Å². The van der Waals surface area contributed by atoms with Crippen molar-refractivity contribution in [2.45, 2.75) is 38.1 Å². The molecule has 0 atom stereocenters. The van der Waals surface area contributed by atoms with E-state index >= 15 is 0 Å². The minimum atomic E-state index is 0.888. The third kappa shape index (κ3) is 5.22. The van der Waals surface area contributed by atoms with Crippen LogP contribution in [0.15, 0.2) is 0 Å². The van der Waals surface area contributed by atoms with E-state index in [2.05, 4.69) is 10.6 Å². The third-order valence-corrected chi connectivity index (χ3v) is 2.11. The van der Waals surface area contributed by atoms with Crippen LogP contribution in [0.3, 0.4) is 0 Å². The van der Waals surface area contributed by atoms with Crippen molar-refractivity contribution in [1.82, 2.24) is 10.6 Å². The first-order valence-electron chi connectivity index (χ1n) is 4.81. The molecule has 0 saturated heterocycles. The lowest BCUT2D eigenvalue weighted by Gasteiger charge is -2.01. The van der Waals surface area contributed by atoms with Crippen molar-refractivity contribution < 1.29 is 0 Å². The Balaban J connectivity index is 1.66. The van der Waals surface area contributed by atoms with Gasteiger partial charge < -0.3 is 10.6 Å². The fourth-order valence-corrected chi connectivity index (χ4v) is 1.20. The minimum absolute atomic E-state index is 0.888. The summed E-state index contributed by atoms with van der Waals surface area (Å²) in [4.78, 5) is 0. The van der Waals surface area contributed by atoms with Crippen LogP contribution in [0.1, 0.15) is 32.1 Å². The molecular formula is C9H20N2. The van der Waals surface area contributed by atoms with E-state index < -0.39 is 0 Å². The highest BCUT2D eigenvalue weighted by Gasteiger charge is 2.19. The Hall–Kier alpha value is -0.0800. The van der Waals surface area contributed by atoms with Crippen LogP contribution in [0.4, 0.5) is 0 Å². The SMILES string of the molecule is CNCCCCCNC1CC1. The molecule has 0 bridgehead atoms. The standard InChI is InChI=1S/C9H20N2/c1-10-7-3-2-4-8-11-9-5-6-9/h9-11H,2-8H2,1H3.